The standard InChI is InChI=1S/C38H48N8O2/c1-27-15-17-29(18-16-27)46-35(25-33(43-46)38(3,4)5)40-36(47)39-32-21-19-30(14-10-8-9-13-28(32)2)48-31-20-22-34-41-42-37(45(34)26-31)44-23-11-6-7-12-24-44/h8-10,13,15-18,20,22,25-26,30,32H,2,6-7,11-12,14,19,21,23-24H2,1,3-5H3,(H2,39,40,47)/b10-8-,13-9-/t30-,32-/m0/s1. The second-order valence-corrected chi connectivity index (χ2v) is 14.0. The number of fused-ring (bicyclic) bond motifs is 1. The molecule has 0 saturated carbocycles. The van der Waals surface area contributed by atoms with Gasteiger partial charge in [0.1, 0.15) is 17.7 Å². The molecule has 2 N–H and O–H groups in total. The van der Waals surface area contributed by atoms with Gasteiger partial charge < -0.3 is 15.0 Å². The molecule has 0 bridgehead atoms. The van der Waals surface area contributed by atoms with E-state index < -0.39 is 0 Å². The smallest absolute Gasteiger partial charge is 0.320 e. The molecule has 1 fully saturated rings. The molecule has 4 heterocycles. The van der Waals surface area contributed by atoms with Crippen molar-refractivity contribution in [3.05, 3.63) is 96.4 Å². The summed E-state index contributed by atoms with van der Waals surface area (Å²) in [5, 5.41) is 20.0. The largest absolute Gasteiger partial charge is 0.489 e. The molecular weight excluding hydrogens is 600 g/mol. The first-order valence-corrected chi connectivity index (χ1v) is 17.2. The van der Waals surface area contributed by atoms with Crippen LogP contribution >= 0.6 is 0 Å². The molecule has 0 radical (unpaired) electrons. The topological polar surface area (TPSA) is 102 Å². The van der Waals surface area contributed by atoms with Gasteiger partial charge in [0.15, 0.2) is 5.65 Å². The van der Waals surface area contributed by atoms with E-state index in [0.717, 1.165) is 65.8 Å². The highest BCUT2D eigenvalue weighted by atomic mass is 16.5. The molecule has 1 saturated heterocycles. The molecule has 6 rings (SSSR count). The number of pyridine rings is 1. The molecule has 0 unspecified atom stereocenters. The van der Waals surface area contributed by atoms with E-state index >= 15 is 0 Å². The third-order valence-electron chi connectivity index (χ3n) is 9.03. The summed E-state index contributed by atoms with van der Waals surface area (Å²) in [6, 6.07) is 13.4. The van der Waals surface area contributed by atoms with Crippen LogP contribution in [0.4, 0.5) is 16.6 Å². The summed E-state index contributed by atoms with van der Waals surface area (Å²) in [5.74, 6) is 2.25. The summed E-state index contributed by atoms with van der Waals surface area (Å²) in [6.45, 7) is 14.7. The van der Waals surface area contributed by atoms with Crippen LogP contribution in [0.2, 0.25) is 0 Å². The van der Waals surface area contributed by atoms with Gasteiger partial charge >= 0.3 is 6.03 Å². The second kappa shape index (κ2) is 14.5. The Morgan fingerprint density at radius 3 is 2.50 bits per heavy atom. The Hall–Kier alpha value is -4.86. The van der Waals surface area contributed by atoms with Crippen molar-refractivity contribution < 1.29 is 9.53 Å². The number of carbonyl (C=O) groups is 1. The molecular formula is C38H48N8O2. The summed E-state index contributed by atoms with van der Waals surface area (Å²) in [6.07, 6.45) is 16.9. The lowest BCUT2D eigenvalue weighted by atomic mass is 9.92. The van der Waals surface area contributed by atoms with Crippen molar-refractivity contribution in [2.45, 2.75) is 90.2 Å². The number of rotatable bonds is 6. The maximum atomic E-state index is 13.5. The van der Waals surface area contributed by atoms with E-state index in [9.17, 15) is 4.79 Å². The SMILES string of the molecule is C=C1/C=C\C=C/C[C@H](Oc2ccc3nnc(N4CCCCCC4)n3c2)CC[C@@H]1NC(=O)Nc1cc(C(C)(C)C)nn1-c1ccc(C)cc1. The third kappa shape index (κ3) is 7.98. The number of carbonyl (C=O) groups excluding carboxylic acids is 1. The minimum Gasteiger partial charge on any atom is -0.489 e. The summed E-state index contributed by atoms with van der Waals surface area (Å²) in [4.78, 5) is 15.9. The van der Waals surface area contributed by atoms with E-state index in [1.807, 2.05) is 71.3 Å². The van der Waals surface area contributed by atoms with E-state index in [4.69, 9.17) is 9.84 Å². The van der Waals surface area contributed by atoms with Crippen molar-refractivity contribution in [2.75, 3.05) is 23.3 Å². The van der Waals surface area contributed by atoms with Crippen molar-refractivity contribution in [2.24, 2.45) is 0 Å². The molecule has 10 nitrogen and oxygen atoms in total. The van der Waals surface area contributed by atoms with Crippen LogP contribution < -0.4 is 20.3 Å². The number of nitrogens with one attached hydrogen (secondary N) is 2. The summed E-state index contributed by atoms with van der Waals surface area (Å²) in [7, 11) is 0. The number of hydrogen-bond acceptors (Lipinski definition) is 6. The number of amides is 2. The molecule has 2 atom stereocenters. The number of allylic oxidation sites excluding steroid dienone is 2. The Morgan fingerprint density at radius 1 is 0.979 bits per heavy atom. The molecule has 4 aromatic rings. The molecule has 2 aliphatic rings. The lowest BCUT2D eigenvalue weighted by molar-refractivity contribution is 0.186. The molecule has 48 heavy (non-hydrogen) atoms. The fourth-order valence-corrected chi connectivity index (χ4v) is 6.17. The fraction of sp³-hybridized carbons (Fsp3) is 0.421. The average Bonchev–Trinajstić information content (AvgIpc) is 3.57. The number of aryl methyl sites for hydroxylation is 1. The first-order valence-electron chi connectivity index (χ1n) is 17.2. The molecule has 3 aromatic heterocycles. The summed E-state index contributed by atoms with van der Waals surface area (Å²) in [5.41, 5.74) is 4.37. The highest BCUT2D eigenvalue weighted by Crippen LogP contribution is 2.28. The van der Waals surface area contributed by atoms with Crippen molar-refractivity contribution in [1.82, 2.24) is 29.7 Å². The Balaban J connectivity index is 1.16. The van der Waals surface area contributed by atoms with Crippen LogP contribution in [0.25, 0.3) is 11.3 Å². The van der Waals surface area contributed by atoms with Gasteiger partial charge in [-0.2, -0.15) is 5.10 Å². The van der Waals surface area contributed by atoms with Gasteiger partial charge in [-0.05, 0) is 62.4 Å². The van der Waals surface area contributed by atoms with Gasteiger partial charge in [-0.15, -0.1) is 10.2 Å². The van der Waals surface area contributed by atoms with Gasteiger partial charge in [0, 0.05) is 31.0 Å². The van der Waals surface area contributed by atoms with Crippen LogP contribution in [0.5, 0.6) is 5.75 Å². The molecule has 252 valence electrons. The van der Waals surface area contributed by atoms with E-state index in [-0.39, 0.29) is 23.6 Å². The van der Waals surface area contributed by atoms with Crippen LogP contribution in [-0.2, 0) is 5.41 Å². The summed E-state index contributed by atoms with van der Waals surface area (Å²) < 4.78 is 10.4. The van der Waals surface area contributed by atoms with Gasteiger partial charge in [-0.1, -0.05) is 82.2 Å². The Labute approximate surface area is 283 Å². The zero-order valence-corrected chi connectivity index (χ0v) is 28.7. The number of nitrogens with zero attached hydrogens (tertiary/aromatic N) is 6. The average molecular weight is 649 g/mol. The molecule has 0 spiro atoms. The minimum absolute atomic E-state index is 0.0965. The zero-order chi connectivity index (χ0) is 33.7. The Bertz CT molecular complexity index is 1790. The quantitative estimate of drug-likeness (QED) is 0.222. The predicted octanol–water partition coefficient (Wildman–Crippen LogP) is 7.69. The molecule has 1 aliphatic heterocycles. The van der Waals surface area contributed by atoms with Gasteiger partial charge in [0.2, 0.25) is 5.95 Å². The van der Waals surface area contributed by atoms with Gasteiger partial charge in [-0.25, -0.2) is 9.48 Å². The van der Waals surface area contributed by atoms with Crippen LogP contribution in [0.1, 0.15) is 77.0 Å². The van der Waals surface area contributed by atoms with Gasteiger partial charge in [0.25, 0.3) is 0 Å². The maximum Gasteiger partial charge on any atom is 0.320 e. The monoisotopic (exact) mass is 648 g/mol. The molecule has 10 heteroatoms. The van der Waals surface area contributed by atoms with Gasteiger partial charge in [0.05, 0.1) is 23.6 Å². The second-order valence-electron chi connectivity index (χ2n) is 14.0. The lowest BCUT2D eigenvalue weighted by Crippen LogP contribution is -2.40. The first kappa shape index (κ1) is 33.1. The van der Waals surface area contributed by atoms with Crippen molar-refractivity contribution in [3.63, 3.8) is 0 Å². The van der Waals surface area contributed by atoms with Crippen LogP contribution in [0, 0.1) is 6.92 Å². The zero-order valence-electron chi connectivity index (χ0n) is 28.7. The highest BCUT2D eigenvalue weighted by molar-refractivity contribution is 5.89. The maximum absolute atomic E-state index is 13.5. The van der Waals surface area contributed by atoms with Crippen LogP contribution in [0.15, 0.2) is 85.1 Å². The Kier molecular flexibility index (Phi) is 9.98. The van der Waals surface area contributed by atoms with E-state index in [1.165, 1.54) is 25.7 Å². The minimum atomic E-state index is -0.313. The normalized spacial score (nSPS) is 20.6. The number of urea groups is 1. The first-order chi connectivity index (χ1) is 23.1. The molecule has 2 amide bonds. The number of aromatic nitrogens is 5. The lowest BCUT2D eigenvalue weighted by Gasteiger charge is -2.24. The molecule has 1 aliphatic carbocycles. The Morgan fingerprint density at radius 2 is 1.75 bits per heavy atom. The fourth-order valence-electron chi connectivity index (χ4n) is 6.17. The number of hydrogen-bond donors (Lipinski definition) is 2. The van der Waals surface area contributed by atoms with Gasteiger partial charge in [-0.3, -0.25) is 9.72 Å². The highest BCUT2D eigenvalue weighted by Gasteiger charge is 2.24. The van der Waals surface area contributed by atoms with E-state index in [0.29, 0.717) is 12.2 Å². The van der Waals surface area contributed by atoms with Crippen molar-refractivity contribution in [1.29, 1.82) is 0 Å². The molecule has 1 aromatic carbocycles. The third-order valence-corrected chi connectivity index (χ3v) is 9.03. The van der Waals surface area contributed by atoms with E-state index in [2.05, 4.69) is 66.1 Å². The van der Waals surface area contributed by atoms with Crippen molar-refractivity contribution in [3.8, 4) is 11.4 Å². The predicted molar refractivity (Wildman–Crippen MR) is 192 cm³/mol. The van der Waals surface area contributed by atoms with Crippen molar-refractivity contribution >= 4 is 23.4 Å². The van der Waals surface area contributed by atoms with Crippen LogP contribution in [0.3, 0.4) is 0 Å². The van der Waals surface area contributed by atoms with Crippen LogP contribution in [-0.4, -0.2) is 55.6 Å². The number of benzene rings is 1. The number of anilines is 2. The summed E-state index contributed by atoms with van der Waals surface area (Å²) >= 11 is 0. The van der Waals surface area contributed by atoms with E-state index in [1.54, 1.807) is 4.68 Å². The number of ether oxygens (including phenoxy) is 1.